The second kappa shape index (κ2) is 5.02. The van der Waals surface area contributed by atoms with E-state index in [0.717, 1.165) is 0 Å². The highest BCUT2D eigenvalue weighted by molar-refractivity contribution is 5.83. The van der Waals surface area contributed by atoms with E-state index in [1.807, 2.05) is 0 Å². The van der Waals surface area contributed by atoms with Crippen LogP contribution in [0.25, 0.3) is 0 Å². The van der Waals surface area contributed by atoms with E-state index in [1.54, 1.807) is 4.90 Å². The van der Waals surface area contributed by atoms with Crippen molar-refractivity contribution < 1.29 is 19.4 Å². The summed E-state index contributed by atoms with van der Waals surface area (Å²) < 4.78 is 5.08. The van der Waals surface area contributed by atoms with Crippen LogP contribution in [0.4, 0.5) is 0 Å². The predicted molar refractivity (Wildman–Crippen MR) is 72.1 cm³/mol. The van der Waals surface area contributed by atoms with Crippen LogP contribution in [-0.2, 0) is 14.3 Å². The number of amides is 1. The quantitative estimate of drug-likeness (QED) is 0.798. The summed E-state index contributed by atoms with van der Waals surface area (Å²) in [6.45, 7) is 1.05. The molecular formula is C15H23NO4. The van der Waals surface area contributed by atoms with Gasteiger partial charge in [-0.1, -0.05) is 0 Å². The van der Waals surface area contributed by atoms with Crippen molar-refractivity contribution in [2.75, 3.05) is 26.8 Å². The van der Waals surface area contributed by atoms with E-state index in [9.17, 15) is 14.7 Å². The van der Waals surface area contributed by atoms with Crippen molar-refractivity contribution in [1.82, 2.24) is 4.90 Å². The molecule has 1 amide bonds. The second-order valence-corrected chi connectivity index (χ2v) is 6.73. The van der Waals surface area contributed by atoms with Crippen molar-refractivity contribution in [1.29, 1.82) is 0 Å². The zero-order valence-corrected chi connectivity index (χ0v) is 12.0. The molecule has 3 aliphatic rings. The average Bonchev–Trinajstić information content (AvgIpc) is 3.32. The Morgan fingerprint density at radius 3 is 2.35 bits per heavy atom. The lowest BCUT2D eigenvalue weighted by atomic mass is 9.88. The molecule has 3 rings (SSSR count). The minimum absolute atomic E-state index is 0.169. The van der Waals surface area contributed by atoms with Crippen LogP contribution in [0, 0.1) is 23.2 Å². The molecule has 1 N–H and O–H groups in total. The Labute approximate surface area is 119 Å². The van der Waals surface area contributed by atoms with Crippen LogP contribution in [0.2, 0.25) is 0 Å². The first kappa shape index (κ1) is 13.9. The van der Waals surface area contributed by atoms with Crippen molar-refractivity contribution in [2.24, 2.45) is 23.2 Å². The van der Waals surface area contributed by atoms with Crippen LogP contribution in [0.5, 0.6) is 0 Å². The minimum atomic E-state index is -0.901. The standard InChI is InChI=1S/C15H23NO4/c1-20-9-15(14(18)19)6-7-16(8-15)13(17)12(10-2-3-10)11-4-5-11/h10-12H,2-9H2,1H3,(H,18,19). The van der Waals surface area contributed by atoms with E-state index < -0.39 is 11.4 Å². The fraction of sp³-hybridized carbons (Fsp3) is 0.867. The maximum atomic E-state index is 12.7. The summed E-state index contributed by atoms with van der Waals surface area (Å²) in [6, 6.07) is 0. The fourth-order valence-corrected chi connectivity index (χ4v) is 3.60. The summed E-state index contributed by atoms with van der Waals surface area (Å²) in [4.78, 5) is 26.0. The lowest BCUT2D eigenvalue weighted by molar-refractivity contribution is -0.152. The van der Waals surface area contributed by atoms with E-state index in [-0.39, 0.29) is 18.4 Å². The zero-order valence-electron chi connectivity index (χ0n) is 12.0. The molecule has 0 radical (unpaired) electrons. The summed E-state index contributed by atoms with van der Waals surface area (Å²) in [7, 11) is 1.52. The Kier molecular flexibility index (Phi) is 3.48. The number of methoxy groups -OCH3 is 1. The number of carbonyl (C=O) groups excluding carboxylic acids is 1. The molecule has 2 aliphatic carbocycles. The lowest BCUT2D eigenvalue weighted by Crippen LogP contribution is -2.42. The molecule has 1 saturated heterocycles. The molecule has 5 heteroatoms. The van der Waals surface area contributed by atoms with Crippen LogP contribution < -0.4 is 0 Å². The monoisotopic (exact) mass is 281 g/mol. The van der Waals surface area contributed by atoms with Gasteiger partial charge in [0.2, 0.25) is 5.91 Å². The van der Waals surface area contributed by atoms with Crippen molar-refractivity contribution in [2.45, 2.75) is 32.1 Å². The zero-order chi connectivity index (χ0) is 14.3. The number of aliphatic carboxylic acids is 1. The molecule has 1 aliphatic heterocycles. The van der Waals surface area contributed by atoms with Crippen molar-refractivity contribution in [3.05, 3.63) is 0 Å². The van der Waals surface area contributed by atoms with Gasteiger partial charge in [0, 0.05) is 26.1 Å². The largest absolute Gasteiger partial charge is 0.481 e. The van der Waals surface area contributed by atoms with E-state index >= 15 is 0 Å². The number of carbonyl (C=O) groups is 2. The molecule has 1 atom stereocenters. The molecule has 1 unspecified atom stereocenters. The molecule has 112 valence electrons. The summed E-state index contributed by atoms with van der Waals surface area (Å²) in [6.07, 6.45) is 5.18. The van der Waals surface area contributed by atoms with Crippen LogP contribution in [-0.4, -0.2) is 48.7 Å². The Balaban J connectivity index is 1.69. The molecule has 0 aromatic heterocycles. The molecule has 5 nitrogen and oxygen atoms in total. The van der Waals surface area contributed by atoms with Crippen molar-refractivity contribution >= 4 is 11.9 Å². The number of carboxylic acids is 1. The maximum absolute atomic E-state index is 12.7. The number of nitrogens with zero attached hydrogens (tertiary/aromatic N) is 1. The molecule has 0 spiro atoms. The average molecular weight is 281 g/mol. The van der Waals surface area contributed by atoms with Gasteiger partial charge in [0.1, 0.15) is 5.41 Å². The van der Waals surface area contributed by atoms with E-state index in [4.69, 9.17) is 4.74 Å². The summed E-state index contributed by atoms with van der Waals surface area (Å²) in [5, 5.41) is 9.46. The number of rotatable bonds is 6. The Bertz CT molecular complexity index is 404. The van der Waals surface area contributed by atoms with Gasteiger partial charge in [-0.05, 0) is 43.9 Å². The third kappa shape index (κ3) is 2.43. The van der Waals surface area contributed by atoms with Gasteiger partial charge in [-0.3, -0.25) is 9.59 Å². The van der Waals surface area contributed by atoms with Crippen LogP contribution in [0.1, 0.15) is 32.1 Å². The number of likely N-dealkylation sites (tertiary alicyclic amines) is 1. The highest BCUT2D eigenvalue weighted by Gasteiger charge is 2.51. The second-order valence-electron chi connectivity index (χ2n) is 6.73. The Hall–Kier alpha value is -1.10. The molecule has 0 aromatic carbocycles. The van der Waals surface area contributed by atoms with Gasteiger partial charge in [-0.2, -0.15) is 0 Å². The third-order valence-corrected chi connectivity index (χ3v) is 5.08. The minimum Gasteiger partial charge on any atom is -0.481 e. The van der Waals surface area contributed by atoms with Gasteiger partial charge in [0.05, 0.1) is 6.61 Å². The van der Waals surface area contributed by atoms with E-state index in [2.05, 4.69) is 0 Å². The summed E-state index contributed by atoms with van der Waals surface area (Å²) in [5.41, 5.74) is -0.901. The maximum Gasteiger partial charge on any atom is 0.313 e. The topological polar surface area (TPSA) is 66.8 Å². The lowest BCUT2D eigenvalue weighted by Gasteiger charge is -2.26. The molecule has 0 aromatic rings. The van der Waals surface area contributed by atoms with Gasteiger partial charge >= 0.3 is 5.97 Å². The van der Waals surface area contributed by atoms with Crippen LogP contribution >= 0.6 is 0 Å². The number of ether oxygens (including phenoxy) is 1. The van der Waals surface area contributed by atoms with Crippen LogP contribution in [0.3, 0.4) is 0 Å². The fourth-order valence-electron chi connectivity index (χ4n) is 3.60. The molecule has 3 fully saturated rings. The molecule has 1 heterocycles. The van der Waals surface area contributed by atoms with Crippen molar-refractivity contribution in [3.8, 4) is 0 Å². The Morgan fingerprint density at radius 1 is 1.30 bits per heavy atom. The SMILES string of the molecule is COCC1(C(=O)O)CCN(C(=O)C(C2CC2)C2CC2)C1. The third-order valence-electron chi connectivity index (χ3n) is 5.08. The predicted octanol–water partition coefficient (Wildman–Crippen LogP) is 1.37. The first-order chi connectivity index (χ1) is 9.57. The van der Waals surface area contributed by atoms with E-state index in [0.29, 0.717) is 31.3 Å². The van der Waals surface area contributed by atoms with Gasteiger partial charge in [-0.25, -0.2) is 0 Å². The smallest absolute Gasteiger partial charge is 0.313 e. The highest BCUT2D eigenvalue weighted by Crippen LogP contribution is 2.50. The van der Waals surface area contributed by atoms with Gasteiger partial charge in [-0.15, -0.1) is 0 Å². The molecular weight excluding hydrogens is 258 g/mol. The molecule has 0 bridgehead atoms. The van der Waals surface area contributed by atoms with Gasteiger partial charge in [0.15, 0.2) is 0 Å². The highest BCUT2D eigenvalue weighted by atomic mass is 16.5. The Morgan fingerprint density at radius 2 is 1.90 bits per heavy atom. The number of carboxylic acid groups (broad SMARTS) is 1. The summed E-state index contributed by atoms with van der Waals surface area (Å²) in [5.74, 6) is 0.662. The van der Waals surface area contributed by atoms with Gasteiger partial charge < -0.3 is 14.7 Å². The number of hydrogen-bond donors (Lipinski definition) is 1. The first-order valence-corrected chi connectivity index (χ1v) is 7.58. The van der Waals surface area contributed by atoms with Crippen LogP contribution in [0.15, 0.2) is 0 Å². The normalized spacial score (nSPS) is 30.0. The molecule has 2 saturated carbocycles. The van der Waals surface area contributed by atoms with E-state index in [1.165, 1.54) is 32.8 Å². The van der Waals surface area contributed by atoms with Crippen molar-refractivity contribution in [3.63, 3.8) is 0 Å². The first-order valence-electron chi connectivity index (χ1n) is 7.58. The van der Waals surface area contributed by atoms with Gasteiger partial charge in [0.25, 0.3) is 0 Å². The number of hydrogen-bond acceptors (Lipinski definition) is 3. The molecule has 20 heavy (non-hydrogen) atoms. The summed E-state index contributed by atoms with van der Waals surface area (Å²) >= 11 is 0.